The number of benzene rings is 2. The lowest BCUT2D eigenvalue weighted by Crippen LogP contribution is -2.36. The first-order valence-electron chi connectivity index (χ1n) is 9.42. The predicted molar refractivity (Wildman–Crippen MR) is 122 cm³/mol. The number of aromatic nitrogens is 2. The summed E-state index contributed by atoms with van der Waals surface area (Å²) in [5.74, 6) is -1.18. The monoisotopic (exact) mass is 454 g/mol. The number of nitrogens with one attached hydrogen (secondary N) is 1. The normalized spacial score (nSPS) is 14.8. The van der Waals surface area contributed by atoms with Gasteiger partial charge in [0.15, 0.2) is 0 Å². The molecule has 1 atom stereocenters. The molecule has 1 fully saturated rings. The molecule has 0 radical (unpaired) electrons. The highest BCUT2D eigenvalue weighted by Crippen LogP contribution is 2.28. The Bertz CT molecular complexity index is 1160. The van der Waals surface area contributed by atoms with E-state index >= 15 is 0 Å². The van der Waals surface area contributed by atoms with Crippen molar-refractivity contribution < 1.29 is 19.5 Å². The first-order chi connectivity index (χ1) is 14.9. The van der Waals surface area contributed by atoms with Crippen LogP contribution >= 0.6 is 24.0 Å². The fraction of sp³-hybridized carbons (Fsp3) is 0.190. The maximum atomic E-state index is 12.4. The van der Waals surface area contributed by atoms with E-state index in [0.29, 0.717) is 15.5 Å². The van der Waals surface area contributed by atoms with Crippen molar-refractivity contribution in [2.75, 3.05) is 17.6 Å². The van der Waals surface area contributed by atoms with Crippen molar-refractivity contribution in [1.82, 2.24) is 14.5 Å². The Balaban J connectivity index is 1.56. The summed E-state index contributed by atoms with van der Waals surface area (Å²) in [6.45, 7) is -0.133. The Morgan fingerprint density at radius 3 is 2.68 bits per heavy atom. The molecular formula is C21H18N4O4S2. The fourth-order valence-electron chi connectivity index (χ4n) is 3.45. The number of amides is 2. The predicted octanol–water partition coefficient (Wildman–Crippen LogP) is 2.90. The summed E-state index contributed by atoms with van der Waals surface area (Å²) in [4.78, 5) is 41.3. The molecule has 2 aromatic carbocycles. The molecule has 8 nitrogen and oxygen atoms in total. The average molecular weight is 455 g/mol. The Morgan fingerprint density at radius 2 is 2.00 bits per heavy atom. The number of carbonyl (C=O) groups excluding carboxylic acids is 2. The van der Waals surface area contributed by atoms with Gasteiger partial charge in [0.1, 0.15) is 10.9 Å². The molecule has 3 aromatic rings. The van der Waals surface area contributed by atoms with Crippen LogP contribution in [0.4, 0.5) is 5.69 Å². The van der Waals surface area contributed by atoms with E-state index in [1.165, 1.54) is 16.7 Å². The molecule has 1 aromatic heterocycles. The van der Waals surface area contributed by atoms with Crippen LogP contribution in [0.3, 0.4) is 0 Å². The van der Waals surface area contributed by atoms with Crippen LogP contribution in [0.5, 0.6) is 0 Å². The number of carbonyl (C=O) groups is 3. The molecule has 1 aliphatic heterocycles. The zero-order valence-corrected chi connectivity index (χ0v) is 17.9. The number of imidazole rings is 1. The van der Waals surface area contributed by atoms with E-state index in [1.54, 1.807) is 24.5 Å². The highest BCUT2D eigenvalue weighted by molar-refractivity contribution is 8.23. The summed E-state index contributed by atoms with van der Waals surface area (Å²) in [7, 11) is 0. The summed E-state index contributed by atoms with van der Waals surface area (Å²) in [6.07, 6.45) is 1.52. The lowest BCUT2D eigenvalue weighted by atomic mass is 10.0. The van der Waals surface area contributed by atoms with Gasteiger partial charge in [0.2, 0.25) is 11.8 Å². The standard InChI is InChI=1S/C21H18N4O4S2/c26-18(10-24-19(27)11-31-21(24)30)23-14-6-7-16-15(8-14)22-12-25(16)17(9-20(28)29)13-4-2-1-3-5-13/h1-8,12,17H,9-11H2,(H,23,26)(H,28,29). The summed E-state index contributed by atoms with van der Waals surface area (Å²) < 4.78 is 2.22. The van der Waals surface area contributed by atoms with E-state index in [0.717, 1.165) is 11.1 Å². The summed E-state index contributed by atoms with van der Waals surface area (Å²) in [5.41, 5.74) is 2.76. The van der Waals surface area contributed by atoms with E-state index in [2.05, 4.69) is 10.3 Å². The van der Waals surface area contributed by atoms with Crippen LogP contribution in [0.15, 0.2) is 54.9 Å². The van der Waals surface area contributed by atoms with Crippen molar-refractivity contribution in [3.63, 3.8) is 0 Å². The maximum Gasteiger partial charge on any atom is 0.305 e. The van der Waals surface area contributed by atoms with Crippen molar-refractivity contribution in [3.8, 4) is 0 Å². The fourth-order valence-corrected chi connectivity index (χ4v) is 4.52. The second-order valence-corrected chi connectivity index (χ2v) is 8.57. The maximum absolute atomic E-state index is 12.4. The van der Waals surface area contributed by atoms with Gasteiger partial charge in [-0.05, 0) is 23.8 Å². The molecule has 2 heterocycles. The molecule has 0 spiro atoms. The third-order valence-corrected chi connectivity index (χ3v) is 6.32. The first-order valence-corrected chi connectivity index (χ1v) is 10.8. The largest absolute Gasteiger partial charge is 0.481 e. The van der Waals surface area contributed by atoms with Crippen LogP contribution in [-0.2, 0) is 14.4 Å². The second-order valence-electron chi connectivity index (χ2n) is 6.96. The topological polar surface area (TPSA) is 105 Å². The van der Waals surface area contributed by atoms with Crippen LogP contribution in [0.2, 0.25) is 0 Å². The number of thiocarbonyl (C=S) groups is 1. The number of nitrogens with zero attached hydrogens (tertiary/aromatic N) is 3. The van der Waals surface area contributed by atoms with Crippen molar-refractivity contribution in [1.29, 1.82) is 0 Å². The van der Waals surface area contributed by atoms with E-state index in [-0.39, 0.29) is 30.5 Å². The van der Waals surface area contributed by atoms with Crippen LogP contribution in [-0.4, -0.2) is 54.0 Å². The summed E-state index contributed by atoms with van der Waals surface area (Å²) in [5, 5.41) is 12.2. The van der Waals surface area contributed by atoms with Gasteiger partial charge in [-0.2, -0.15) is 0 Å². The highest BCUT2D eigenvalue weighted by atomic mass is 32.2. The number of hydrogen-bond acceptors (Lipinski definition) is 6. The Kier molecular flexibility index (Phi) is 6.01. The number of carboxylic acid groups (broad SMARTS) is 1. The minimum Gasteiger partial charge on any atom is -0.481 e. The average Bonchev–Trinajstić information content (AvgIpc) is 3.30. The smallest absolute Gasteiger partial charge is 0.305 e. The van der Waals surface area contributed by atoms with Crippen LogP contribution < -0.4 is 5.32 Å². The second kappa shape index (κ2) is 8.86. The van der Waals surface area contributed by atoms with Crippen molar-refractivity contribution in [2.45, 2.75) is 12.5 Å². The third kappa shape index (κ3) is 4.59. The lowest BCUT2D eigenvalue weighted by molar-refractivity contribution is -0.137. The molecule has 4 rings (SSSR count). The zero-order chi connectivity index (χ0) is 22.0. The van der Waals surface area contributed by atoms with Gasteiger partial charge in [0.05, 0.1) is 35.6 Å². The Labute approximate surface area is 187 Å². The van der Waals surface area contributed by atoms with Gasteiger partial charge in [0.25, 0.3) is 0 Å². The first kappa shape index (κ1) is 21.0. The molecule has 1 aliphatic rings. The Hall–Kier alpha value is -3.24. The van der Waals surface area contributed by atoms with E-state index < -0.39 is 12.0 Å². The van der Waals surface area contributed by atoms with E-state index in [4.69, 9.17) is 12.2 Å². The lowest BCUT2D eigenvalue weighted by Gasteiger charge is -2.18. The molecule has 2 N–H and O–H groups in total. The molecule has 2 amide bonds. The van der Waals surface area contributed by atoms with Crippen molar-refractivity contribution >= 4 is 62.8 Å². The number of carboxylic acids is 1. The number of anilines is 1. The van der Waals surface area contributed by atoms with Gasteiger partial charge in [-0.3, -0.25) is 19.3 Å². The van der Waals surface area contributed by atoms with E-state index in [1.807, 2.05) is 34.9 Å². The molecule has 1 saturated heterocycles. The SMILES string of the molecule is O=C(O)CC(c1ccccc1)n1cnc2cc(NC(=O)CN3C(=O)CSC3=S)ccc21. The van der Waals surface area contributed by atoms with E-state index in [9.17, 15) is 19.5 Å². The van der Waals surface area contributed by atoms with Crippen LogP contribution in [0.25, 0.3) is 11.0 Å². The van der Waals surface area contributed by atoms with Crippen LogP contribution in [0.1, 0.15) is 18.0 Å². The minimum atomic E-state index is -0.910. The molecule has 0 aliphatic carbocycles. The minimum absolute atomic E-state index is 0.0876. The van der Waals surface area contributed by atoms with Crippen molar-refractivity contribution in [3.05, 3.63) is 60.4 Å². The van der Waals surface area contributed by atoms with Gasteiger partial charge in [-0.25, -0.2) is 4.98 Å². The molecule has 31 heavy (non-hydrogen) atoms. The van der Waals surface area contributed by atoms with Gasteiger partial charge >= 0.3 is 5.97 Å². The van der Waals surface area contributed by atoms with Gasteiger partial charge in [-0.1, -0.05) is 54.3 Å². The van der Waals surface area contributed by atoms with Crippen LogP contribution in [0, 0.1) is 0 Å². The molecule has 158 valence electrons. The number of thioether (sulfide) groups is 1. The van der Waals surface area contributed by atoms with Gasteiger partial charge in [-0.15, -0.1) is 0 Å². The van der Waals surface area contributed by atoms with Gasteiger partial charge < -0.3 is 15.0 Å². The molecule has 10 heteroatoms. The summed E-state index contributed by atoms with van der Waals surface area (Å²) in [6, 6.07) is 14.2. The molecular weight excluding hydrogens is 436 g/mol. The molecule has 0 saturated carbocycles. The Morgan fingerprint density at radius 1 is 1.23 bits per heavy atom. The molecule has 0 bridgehead atoms. The number of aliphatic carboxylic acids is 1. The van der Waals surface area contributed by atoms with Crippen molar-refractivity contribution in [2.24, 2.45) is 0 Å². The summed E-state index contributed by atoms with van der Waals surface area (Å²) >= 11 is 6.34. The van der Waals surface area contributed by atoms with Gasteiger partial charge in [0, 0.05) is 5.69 Å². The molecule has 1 unspecified atom stereocenters. The number of rotatable bonds is 7. The zero-order valence-electron chi connectivity index (χ0n) is 16.2. The quantitative estimate of drug-likeness (QED) is 0.529. The highest BCUT2D eigenvalue weighted by Gasteiger charge is 2.28. The third-order valence-electron chi connectivity index (χ3n) is 4.89. The number of fused-ring (bicyclic) bond motifs is 1. The number of hydrogen-bond donors (Lipinski definition) is 2.